The van der Waals surface area contributed by atoms with Crippen molar-refractivity contribution < 1.29 is 9.84 Å². The van der Waals surface area contributed by atoms with E-state index in [1.165, 1.54) is 0 Å². The zero-order chi connectivity index (χ0) is 12.9. The van der Waals surface area contributed by atoms with Crippen molar-refractivity contribution in [3.8, 4) is 5.75 Å². The highest BCUT2D eigenvalue weighted by atomic mass is 32.2. The number of para-hydroxylation sites is 1. The van der Waals surface area contributed by atoms with Crippen molar-refractivity contribution in [2.45, 2.75) is 12.5 Å². The van der Waals surface area contributed by atoms with Crippen LogP contribution < -0.4 is 15.8 Å². The molecule has 0 saturated carbocycles. The van der Waals surface area contributed by atoms with E-state index in [0.29, 0.717) is 23.7 Å². The first-order chi connectivity index (χ1) is 8.00. The van der Waals surface area contributed by atoms with Gasteiger partial charge in [0.05, 0.1) is 24.1 Å². The average molecular weight is 256 g/mol. The van der Waals surface area contributed by atoms with Crippen molar-refractivity contribution in [2.24, 2.45) is 0 Å². The fourth-order valence-electron chi connectivity index (χ4n) is 1.52. The van der Waals surface area contributed by atoms with Gasteiger partial charge in [0, 0.05) is 12.3 Å². The second-order valence-corrected chi connectivity index (χ2v) is 5.07. The predicted octanol–water partition coefficient (Wildman–Crippen LogP) is 1.80. The molecule has 0 aliphatic rings. The molecule has 4 nitrogen and oxygen atoms in total. The normalized spacial score (nSPS) is 14.1. The van der Waals surface area contributed by atoms with Crippen molar-refractivity contribution in [1.82, 2.24) is 0 Å². The molecule has 0 aliphatic heterocycles. The first-order valence-corrected chi connectivity index (χ1v) is 6.77. The van der Waals surface area contributed by atoms with Gasteiger partial charge >= 0.3 is 0 Å². The monoisotopic (exact) mass is 256 g/mol. The lowest BCUT2D eigenvalue weighted by atomic mass is 10.1. The van der Waals surface area contributed by atoms with Gasteiger partial charge in [0.25, 0.3) is 0 Å². The first-order valence-electron chi connectivity index (χ1n) is 5.38. The second kappa shape index (κ2) is 6.02. The van der Waals surface area contributed by atoms with E-state index in [1.807, 2.05) is 18.4 Å². The molecule has 0 radical (unpaired) electrons. The highest BCUT2D eigenvalue weighted by Gasteiger charge is 2.19. The molecule has 1 unspecified atom stereocenters. The van der Waals surface area contributed by atoms with Crippen LogP contribution in [-0.2, 0) is 0 Å². The summed E-state index contributed by atoms with van der Waals surface area (Å²) in [6, 6.07) is 5.54. The van der Waals surface area contributed by atoms with Gasteiger partial charge in [-0.05, 0) is 25.3 Å². The van der Waals surface area contributed by atoms with Gasteiger partial charge in [0.1, 0.15) is 5.75 Å². The van der Waals surface area contributed by atoms with Crippen LogP contribution in [0.4, 0.5) is 11.4 Å². The molecule has 1 atom stereocenters. The molecule has 1 aromatic rings. The molecule has 1 rings (SSSR count). The van der Waals surface area contributed by atoms with Crippen LogP contribution in [0.25, 0.3) is 0 Å². The highest BCUT2D eigenvalue weighted by Crippen LogP contribution is 2.29. The number of thioether (sulfide) groups is 1. The summed E-state index contributed by atoms with van der Waals surface area (Å²) in [4.78, 5) is 0. The van der Waals surface area contributed by atoms with Crippen LogP contribution in [0.15, 0.2) is 18.2 Å². The van der Waals surface area contributed by atoms with Crippen molar-refractivity contribution in [2.75, 3.05) is 36.7 Å². The number of hydrogen-bond acceptors (Lipinski definition) is 5. The van der Waals surface area contributed by atoms with Gasteiger partial charge in [-0.1, -0.05) is 6.07 Å². The van der Waals surface area contributed by atoms with Crippen LogP contribution in [0.5, 0.6) is 5.75 Å². The number of ether oxygens (including phenoxy) is 1. The van der Waals surface area contributed by atoms with Crippen molar-refractivity contribution in [3.05, 3.63) is 18.2 Å². The van der Waals surface area contributed by atoms with E-state index in [1.54, 1.807) is 31.9 Å². The Morgan fingerprint density at radius 1 is 1.53 bits per heavy atom. The fraction of sp³-hybridized carbons (Fsp3) is 0.500. The number of aliphatic hydroxyl groups is 1. The molecule has 0 aromatic heterocycles. The van der Waals surface area contributed by atoms with Crippen molar-refractivity contribution in [1.29, 1.82) is 0 Å². The summed E-state index contributed by atoms with van der Waals surface area (Å²) in [6.07, 6.45) is 1.97. The average Bonchev–Trinajstić information content (AvgIpc) is 2.28. The lowest BCUT2D eigenvalue weighted by Crippen LogP contribution is -2.36. The van der Waals surface area contributed by atoms with Gasteiger partial charge in [-0.25, -0.2) is 0 Å². The molecule has 0 spiro atoms. The Bertz CT molecular complexity index is 370. The number of nitrogen functional groups attached to an aromatic ring is 1. The Morgan fingerprint density at radius 2 is 2.24 bits per heavy atom. The summed E-state index contributed by atoms with van der Waals surface area (Å²) in [5.74, 6) is 1.31. The molecule has 0 saturated heterocycles. The lowest BCUT2D eigenvalue weighted by molar-refractivity contribution is 0.0997. The minimum absolute atomic E-state index is 0.450. The summed E-state index contributed by atoms with van der Waals surface area (Å²) < 4.78 is 5.13. The molecular weight excluding hydrogens is 236 g/mol. The van der Waals surface area contributed by atoms with Crippen LogP contribution in [0.1, 0.15) is 6.92 Å². The Morgan fingerprint density at radius 3 is 2.82 bits per heavy atom. The lowest BCUT2D eigenvalue weighted by Gasteiger charge is -2.24. The maximum atomic E-state index is 10.0. The first kappa shape index (κ1) is 14.0. The predicted molar refractivity (Wildman–Crippen MR) is 74.9 cm³/mol. The number of nitrogens with two attached hydrogens (primary N) is 1. The standard InChI is InChI=1S/C12H20N2O2S/c1-12(15,8-17-3)7-14-9-5-4-6-10(16-2)11(9)13/h4-6,14-15H,7-8,13H2,1-3H3. The number of rotatable bonds is 6. The second-order valence-electron chi connectivity index (χ2n) is 4.21. The molecule has 1 aromatic carbocycles. The quantitative estimate of drug-likeness (QED) is 0.677. The number of benzene rings is 1. The van der Waals surface area contributed by atoms with Crippen molar-refractivity contribution >= 4 is 23.1 Å². The topological polar surface area (TPSA) is 67.5 Å². The van der Waals surface area contributed by atoms with E-state index < -0.39 is 5.60 Å². The molecule has 17 heavy (non-hydrogen) atoms. The Kier molecular flexibility index (Phi) is 4.96. The smallest absolute Gasteiger partial charge is 0.143 e. The minimum Gasteiger partial charge on any atom is -0.495 e. The summed E-state index contributed by atoms with van der Waals surface area (Å²) in [5.41, 5.74) is 6.52. The number of nitrogens with one attached hydrogen (secondary N) is 1. The maximum absolute atomic E-state index is 10.0. The zero-order valence-electron chi connectivity index (χ0n) is 10.5. The molecular formula is C12H20N2O2S. The van der Waals surface area contributed by atoms with Gasteiger partial charge in [-0.2, -0.15) is 11.8 Å². The molecule has 4 N–H and O–H groups in total. The molecule has 0 amide bonds. The minimum atomic E-state index is -0.755. The highest BCUT2D eigenvalue weighted by molar-refractivity contribution is 7.98. The molecule has 5 heteroatoms. The van der Waals surface area contributed by atoms with E-state index >= 15 is 0 Å². The van der Waals surface area contributed by atoms with Gasteiger partial charge < -0.3 is 20.9 Å². The third-order valence-electron chi connectivity index (χ3n) is 2.40. The van der Waals surface area contributed by atoms with E-state index in [4.69, 9.17) is 10.5 Å². The third kappa shape index (κ3) is 4.02. The maximum Gasteiger partial charge on any atom is 0.143 e. The van der Waals surface area contributed by atoms with Crippen LogP contribution in [0, 0.1) is 0 Å². The van der Waals surface area contributed by atoms with Gasteiger partial charge in [-0.15, -0.1) is 0 Å². The summed E-state index contributed by atoms with van der Waals surface area (Å²) in [6.45, 7) is 2.25. The third-order valence-corrected chi connectivity index (χ3v) is 3.31. The van der Waals surface area contributed by atoms with Crippen LogP contribution >= 0.6 is 11.8 Å². The van der Waals surface area contributed by atoms with E-state index in [9.17, 15) is 5.11 Å². The Labute approximate surface area is 107 Å². The molecule has 0 heterocycles. The van der Waals surface area contributed by atoms with Crippen LogP contribution in [0.3, 0.4) is 0 Å². The molecule has 0 bridgehead atoms. The van der Waals surface area contributed by atoms with Crippen LogP contribution in [0.2, 0.25) is 0 Å². The Balaban J connectivity index is 2.69. The van der Waals surface area contributed by atoms with E-state index in [0.717, 1.165) is 5.69 Å². The van der Waals surface area contributed by atoms with E-state index in [2.05, 4.69) is 5.32 Å². The number of hydrogen-bond donors (Lipinski definition) is 3. The fourth-order valence-corrected chi connectivity index (χ4v) is 2.25. The number of anilines is 2. The largest absolute Gasteiger partial charge is 0.495 e. The molecule has 0 aliphatic carbocycles. The summed E-state index contributed by atoms with van der Waals surface area (Å²) in [7, 11) is 1.58. The molecule has 0 fully saturated rings. The van der Waals surface area contributed by atoms with Crippen molar-refractivity contribution in [3.63, 3.8) is 0 Å². The Hall–Kier alpha value is -1.07. The van der Waals surface area contributed by atoms with Gasteiger partial charge in [0.2, 0.25) is 0 Å². The van der Waals surface area contributed by atoms with Crippen LogP contribution in [-0.4, -0.2) is 36.4 Å². The van der Waals surface area contributed by atoms with Gasteiger partial charge in [0.15, 0.2) is 0 Å². The molecule has 96 valence electrons. The number of methoxy groups -OCH3 is 1. The van der Waals surface area contributed by atoms with E-state index in [-0.39, 0.29) is 0 Å². The summed E-state index contributed by atoms with van der Waals surface area (Å²) >= 11 is 1.61. The summed E-state index contributed by atoms with van der Waals surface area (Å²) in [5, 5.41) is 13.2. The van der Waals surface area contributed by atoms with Gasteiger partial charge in [-0.3, -0.25) is 0 Å². The SMILES string of the molecule is COc1cccc(NCC(C)(O)CSC)c1N. The zero-order valence-corrected chi connectivity index (χ0v) is 11.3.